The molecule has 2 aromatic carbocycles. The molecule has 0 aliphatic heterocycles. The molecule has 1 aliphatic rings. The van der Waals surface area contributed by atoms with E-state index in [1.807, 2.05) is 0 Å². The number of hydrogen-bond donors (Lipinski definition) is 3. The lowest BCUT2D eigenvalue weighted by Crippen LogP contribution is -2.30. The summed E-state index contributed by atoms with van der Waals surface area (Å²) in [6, 6.07) is 7.92. The van der Waals surface area contributed by atoms with Crippen molar-refractivity contribution in [3.63, 3.8) is 0 Å². The van der Waals surface area contributed by atoms with Crippen LogP contribution in [0.3, 0.4) is 0 Å². The Balaban J connectivity index is 1.78. The largest absolute Gasteiger partial charge is 0.507 e. The van der Waals surface area contributed by atoms with E-state index in [0.29, 0.717) is 10.8 Å². The van der Waals surface area contributed by atoms with Gasteiger partial charge in [-0.2, -0.15) is 0 Å². The Morgan fingerprint density at radius 2 is 1.86 bits per heavy atom. The molecular weight excluding hydrogens is 286 g/mol. The molecule has 1 fully saturated rings. The van der Waals surface area contributed by atoms with Gasteiger partial charge in [-0.15, -0.1) is 0 Å². The summed E-state index contributed by atoms with van der Waals surface area (Å²) in [6.45, 7) is -0.414. The van der Waals surface area contributed by atoms with Crippen LogP contribution in [0.2, 0.25) is 0 Å². The SMILES string of the molecule is O=C(COC(=O)c1cc(O)c2ccccc2c1O)NC1CC1. The zero-order chi connectivity index (χ0) is 15.7. The van der Waals surface area contributed by atoms with Gasteiger partial charge in [0, 0.05) is 16.8 Å². The summed E-state index contributed by atoms with van der Waals surface area (Å²) >= 11 is 0. The topological polar surface area (TPSA) is 95.9 Å². The van der Waals surface area contributed by atoms with E-state index in [-0.39, 0.29) is 29.0 Å². The molecule has 0 heterocycles. The first kappa shape index (κ1) is 14.2. The maximum Gasteiger partial charge on any atom is 0.342 e. The van der Waals surface area contributed by atoms with Crippen molar-refractivity contribution in [2.75, 3.05) is 6.61 Å². The van der Waals surface area contributed by atoms with Crippen LogP contribution < -0.4 is 5.32 Å². The lowest BCUT2D eigenvalue weighted by atomic mass is 10.0. The highest BCUT2D eigenvalue weighted by Crippen LogP contribution is 2.35. The minimum absolute atomic E-state index is 0.136. The van der Waals surface area contributed by atoms with Crippen LogP contribution in [0.4, 0.5) is 0 Å². The number of fused-ring (bicyclic) bond motifs is 1. The fourth-order valence-corrected chi connectivity index (χ4v) is 2.20. The standard InChI is InChI=1S/C16H15NO5/c18-13-7-12(15(20)11-4-2-1-3-10(11)13)16(21)22-8-14(19)17-9-5-6-9/h1-4,7,9,18,20H,5-6,8H2,(H,17,19). The van der Waals surface area contributed by atoms with Crippen molar-refractivity contribution >= 4 is 22.6 Å². The van der Waals surface area contributed by atoms with Crippen molar-refractivity contribution in [1.82, 2.24) is 5.32 Å². The van der Waals surface area contributed by atoms with Gasteiger partial charge in [-0.3, -0.25) is 4.79 Å². The second-order valence-electron chi connectivity index (χ2n) is 5.26. The predicted octanol–water partition coefficient (Wildman–Crippen LogP) is 1.69. The third kappa shape index (κ3) is 2.81. The van der Waals surface area contributed by atoms with Gasteiger partial charge in [-0.05, 0) is 18.9 Å². The molecule has 0 spiro atoms. The van der Waals surface area contributed by atoms with Crippen LogP contribution >= 0.6 is 0 Å². The number of carbonyl (C=O) groups excluding carboxylic acids is 2. The van der Waals surface area contributed by atoms with Crippen LogP contribution in [0, 0.1) is 0 Å². The number of amides is 1. The molecule has 22 heavy (non-hydrogen) atoms. The fourth-order valence-electron chi connectivity index (χ4n) is 2.20. The molecule has 114 valence electrons. The molecule has 3 N–H and O–H groups in total. The quantitative estimate of drug-likeness (QED) is 0.590. The molecule has 6 nitrogen and oxygen atoms in total. The Morgan fingerprint density at radius 3 is 2.55 bits per heavy atom. The number of nitrogens with one attached hydrogen (secondary N) is 1. The van der Waals surface area contributed by atoms with Crippen molar-refractivity contribution in [3.05, 3.63) is 35.9 Å². The van der Waals surface area contributed by atoms with Gasteiger partial charge in [0.25, 0.3) is 5.91 Å². The molecule has 3 rings (SSSR count). The van der Waals surface area contributed by atoms with Gasteiger partial charge < -0.3 is 20.3 Å². The van der Waals surface area contributed by atoms with Crippen LogP contribution in [-0.4, -0.2) is 34.7 Å². The van der Waals surface area contributed by atoms with Crippen molar-refractivity contribution in [2.45, 2.75) is 18.9 Å². The summed E-state index contributed by atoms with van der Waals surface area (Å²) in [7, 11) is 0. The number of rotatable bonds is 4. The van der Waals surface area contributed by atoms with Crippen molar-refractivity contribution in [3.8, 4) is 11.5 Å². The summed E-state index contributed by atoms with van der Waals surface area (Å²) in [5, 5.41) is 23.6. The molecule has 0 atom stereocenters. The van der Waals surface area contributed by atoms with Gasteiger partial charge in [0.15, 0.2) is 6.61 Å². The summed E-state index contributed by atoms with van der Waals surface area (Å²) in [6.07, 6.45) is 1.89. The summed E-state index contributed by atoms with van der Waals surface area (Å²) in [5.74, 6) is -1.64. The molecular formula is C16H15NO5. The molecule has 0 unspecified atom stereocenters. The minimum Gasteiger partial charge on any atom is -0.507 e. The molecule has 0 bridgehead atoms. The second kappa shape index (κ2) is 5.55. The molecule has 2 aromatic rings. The monoisotopic (exact) mass is 301 g/mol. The second-order valence-corrected chi connectivity index (χ2v) is 5.26. The molecule has 6 heteroatoms. The van der Waals surface area contributed by atoms with E-state index in [4.69, 9.17) is 4.74 Å². The Bertz CT molecular complexity index is 752. The lowest BCUT2D eigenvalue weighted by Gasteiger charge is -2.10. The zero-order valence-electron chi connectivity index (χ0n) is 11.7. The summed E-state index contributed by atoms with van der Waals surface area (Å²) in [5.41, 5.74) is -0.171. The third-order valence-corrected chi connectivity index (χ3v) is 3.49. The Kier molecular flexibility index (Phi) is 3.58. The number of phenols is 2. The number of hydrogen-bond acceptors (Lipinski definition) is 5. The van der Waals surface area contributed by atoms with Crippen LogP contribution in [0.1, 0.15) is 23.2 Å². The van der Waals surface area contributed by atoms with E-state index in [2.05, 4.69) is 5.32 Å². The molecule has 0 aromatic heterocycles. The van der Waals surface area contributed by atoms with Gasteiger partial charge in [-0.25, -0.2) is 4.79 Å². The maximum absolute atomic E-state index is 12.0. The van der Waals surface area contributed by atoms with Gasteiger partial charge >= 0.3 is 5.97 Å². The van der Waals surface area contributed by atoms with Gasteiger partial charge in [0.1, 0.15) is 17.1 Å². The number of benzene rings is 2. The first-order valence-corrected chi connectivity index (χ1v) is 6.96. The highest BCUT2D eigenvalue weighted by Gasteiger charge is 2.24. The smallest absolute Gasteiger partial charge is 0.342 e. The number of esters is 1. The molecule has 1 aliphatic carbocycles. The first-order valence-electron chi connectivity index (χ1n) is 6.96. The number of ether oxygens (including phenoxy) is 1. The third-order valence-electron chi connectivity index (χ3n) is 3.49. The van der Waals surface area contributed by atoms with E-state index in [0.717, 1.165) is 18.9 Å². The van der Waals surface area contributed by atoms with E-state index >= 15 is 0 Å². The minimum atomic E-state index is -0.857. The Labute approximate surface area is 126 Å². The number of aromatic hydroxyl groups is 2. The Hall–Kier alpha value is -2.76. The van der Waals surface area contributed by atoms with E-state index in [1.54, 1.807) is 24.3 Å². The maximum atomic E-state index is 12.0. The molecule has 0 saturated heterocycles. The highest BCUT2D eigenvalue weighted by atomic mass is 16.5. The van der Waals surface area contributed by atoms with Crippen molar-refractivity contribution in [1.29, 1.82) is 0 Å². The molecule has 0 radical (unpaired) electrons. The van der Waals surface area contributed by atoms with E-state index < -0.39 is 12.6 Å². The van der Waals surface area contributed by atoms with E-state index in [9.17, 15) is 19.8 Å². The van der Waals surface area contributed by atoms with Gasteiger partial charge in [-0.1, -0.05) is 24.3 Å². The van der Waals surface area contributed by atoms with Crippen molar-refractivity contribution in [2.24, 2.45) is 0 Å². The first-order chi connectivity index (χ1) is 10.6. The summed E-state index contributed by atoms with van der Waals surface area (Å²) in [4.78, 5) is 23.5. The molecule has 1 saturated carbocycles. The molecule has 1 amide bonds. The van der Waals surface area contributed by atoms with Crippen LogP contribution in [0.15, 0.2) is 30.3 Å². The van der Waals surface area contributed by atoms with Crippen LogP contribution in [-0.2, 0) is 9.53 Å². The normalized spacial score (nSPS) is 13.8. The predicted molar refractivity (Wildman–Crippen MR) is 78.7 cm³/mol. The average molecular weight is 301 g/mol. The number of carbonyl (C=O) groups is 2. The number of phenolic OH excluding ortho intramolecular Hbond substituents is 2. The van der Waals surface area contributed by atoms with E-state index in [1.165, 1.54) is 0 Å². The van der Waals surface area contributed by atoms with Crippen LogP contribution in [0.5, 0.6) is 11.5 Å². The fraction of sp³-hybridized carbons (Fsp3) is 0.250. The highest BCUT2D eigenvalue weighted by molar-refractivity contribution is 6.04. The average Bonchev–Trinajstić information content (AvgIpc) is 3.32. The zero-order valence-corrected chi connectivity index (χ0v) is 11.7. The van der Waals surface area contributed by atoms with Crippen molar-refractivity contribution < 1.29 is 24.5 Å². The van der Waals surface area contributed by atoms with Gasteiger partial charge in [0.2, 0.25) is 0 Å². The lowest BCUT2D eigenvalue weighted by molar-refractivity contribution is -0.124. The Morgan fingerprint density at radius 1 is 1.18 bits per heavy atom. The summed E-state index contributed by atoms with van der Waals surface area (Å²) < 4.78 is 4.88. The van der Waals surface area contributed by atoms with Crippen LogP contribution in [0.25, 0.3) is 10.8 Å². The van der Waals surface area contributed by atoms with Gasteiger partial charge in [0.05, 0.1) is 0 Å².